The average molecular weight is 296 g/mol. The van der Waals surface area contributed by atoms with Crippen LogP contribution in [0.1, 0.15) is 30.1 Å². The molecule has 0 aliphatic heterocycles. The molecule has 21 heavy (non-hydrogen) atoms. The van der Waals surface area contributed by atoms with Crippen molar-refractivity contribution in [1.82, 2.24) is 0 Å². The number of ether oxygens (including phenoxy) is 4. The fourth-order valence-corrected chi connectivity index (χ4v) is 1.73. The molecule has 1 aromatic rings. The molecule has 0 amide bonds. The van der Waals surface area contributed by atoms with Crippen molar-refractivity contribution in [2.45, 2.75) is 19.8 Å². The van der Waals surface area contributed by atoms with Gasteiger partial charge >= 0.3 is 5.97 Å². The summed E-state index contributed by atoms with van der Waals surface area (Å²) in [6, 6.07) is 3.13. The zero-order valence-electron chi connectivity index (χ0n) is 12.5. The van der Waals surface area contributed by atoms with Crippen molar-refractivity contribution >= 4 is 12.3 Å². The molecule has 0 radical (unpaired) electrons. The number of carbonyl (C=O) groups excluding carboxylic acids is 2. The van der Waals surface area contributed by atoms with Crippen LogP contribution in [0.25, 0.3) is 0 Å². The van der Waals surface area contributed by atoms with Crippen molar-refractivity contribution in [3.8, 4) is 17.2 Å². The number of esters is 1. The second-order valence-corrected chi connectivity index (χ2v) is 4.13. The Balaban J connectivity index is 2.69. The van der Waals surface area contributed by atoms with E-state index in [4.69, 9.17) is 18.9 Å². The van der Waals surface area contributed by atoms with Crippen molar-refractivity contribution in [3.63, 3.8) is 0 Å². The molecule has 0 aromatic heterocycles. The van der Waals surface area contributed by atoms with E-state index in [0.717, 1.165) is 0 Å². The normalized spacial score (nSPS) is 9.86. The summed E-state index contributed by atoms with van der Waals surface area (Å²) in [5, 5.41) is 0. The van der Waals surface area contributed by atoms with E-state index in [2.05, 4.69) is 0 Å². The first-order chi connectivity index (χ1) is 10.2. The number of benzene rings is 1. The van der Waals surface area contributed by atoms with Crippen LogP contribution >= 0.6 is 0 Å². The molecule has 0 bridgehead atoms. The predicted octanol–water partition coefficient (Wildman–Crippen LogP) is 2.24. The molecule has 0 N–H and O–H groups in total. The Morgan fingerprint density at radius 1 is 1.19 bits per heavy atom. The summed E-state index contributed by atoms with van der Waals surface area (Å²) >= 11 is 0. The van der Waals surface area contributed by atoms with E-state index in [-0.39, 0.29) is 12.4 Å². The van der Waals surface area contributed by atoms with Crippen LogP contribution in [0.4, 0.5) is 0 Å². The minimum atomic E-state index is -0.253. The minimum Gasteiger partial charge on any atom is -0.493 e. The van der Waals surface area contributed by atoms with Crippen molar-refractivity contribution in [2.24, 2.45) is 0 Å². The minimum absolute atomic E-state index is 0.253. The van der Waals surface area contributed by atoms with Gasteiger partial charge in [-0.2, -0.15) is 0 Å². The third-order valence-electron chi connectivity index (χ3n) is 2.70. The molecule has 0 saturated heterocycles. The maximum absolute atomic E-state index is 11.2. The standard InChI is InChI=1S/C15H20O6/c1-4-20-14(17)6-5-7-21-15-12(18-2)8-11(10-16)9-13(15)19-3/h8-10H,4-7H2,1-3H3. The van der Waals surface area contributed by atoms with Crippen LogP contribution in [0, 0.1) is 0 Å². The summed E-state index contributed by atoms with van der Waals surface area (Å²) in [5.41, 5.74) is 0.433. The van der Waals surface area contributed by atoms with Crippen LogP contribution in [0.5, 0.6) is 17.2 Å². The lowest BCUT2D eigenvalue weighted by molar-refractivity contribution is -0.143. The fourth-order valence-electron chi connectivity index (χ4n) is 1.73. The Kier molecular flexibility index (Phi) is 7.08. The quantitative estimate of drug-likeness (QED) is 0.395. The summed E-state index contributed by atoms with van der Waals surface area (Å²) in [6.45, 7) is 2.44. The monoisotopic (exact) mass is 296 g/mol. The van der Waals surface area contributed by atoms with Gasteiger partial charge in [0.25, 0.3) is 0 Å². The molecular formula is C15H20O6. The molecule has 0 heterocycles. The molecule has 1 aromatic carbocycles. The summed E-state index contributed by atoms with van der Waals surface area (Å²) in [7, 11) is 2.96. The largest absolute Gasteiger partial charge is 0.493 e. The van der Waals surface area contributed by atoms with Crippen molar-refractivity contribution in [3.05, 3.63) is 17.7 Å². The van der Waals surface area contributed by atoms with Crippen LogP contribution in [0.3, 0.4) is 0 Å². The van der Waals surface area contributed by atoms with Crippen LogP contribution in [0.15, 0.2) is 12.1 Å². The number of carbonyl (C=O) groups is 2. The average Bonchev–Trinajstić information content (AvgIpc) is 2.51. The molecule has 0 unspecified atom stereocenters. The van der Waals surface area contributed by atoms with E-state index < -0.39 is 0 Å². The summed E-state index contributed by atoms with van der Waals surface area (Å²) in [4.78, 5) is 22.1. The first-order valence-electron chi connectivity index (χ1n) is 6.65. The molecule has 0 aliphatic carbocycles. The van der Waals surface area contributed by atoms with Crippen LogP contribution in [-0.4, -0.2) is 39.7 Å². The van der Waals surface area contributed by atoms with Crippen LogP contribution < -0.4 is 14.2 Å². The van der Waals surface area contributed by atoms with Gasteiger partial charge in [0.05, 0.1) is 27.4 Å². The van der Waals surface area contributed by atoms with E-state index >= 15 is 0 Å². The molecule has 1 rings (SSSR count). The van der Waals surface area contributed by atoms with E-state index in [1.807, 2.05) is 0 Å². The maximum atomic E-state index is 11.2. The lowest BCUT2D eigenvalue weighted by Crippen LogP contribution is -2.07. The summed E-state index contributed by atoms with van der Waals surface area (Å²) in [6.07, 6.45) is 1.50. The summed E-state index contributed by atoms with van der Waals surface area (Å²) in [5.74, 6) is 0.978. The van der Waals surface area contributed by atoms with Gasteiger partial charge in [0.1, 0.15) is 6.29 Å². The highest BCUT2D eigenvalue weighted by atomic mass is 16.5. The first kappa shape index (κ1) is 16.8. The Morgan fingerprint density at radius 2 is 1.81 bits per heavy atom. The van der Waals surface area contributed by atoms with Gasteiger partial charge in [0.15, 0.2) is 11.5 Å². The highest BCUT2D eigenvalue weighted by Gasteiger charge is 2.14. The number of methoxy groups -OCH3 is 2. The molecule has 6 heteroatoms. The van der Waals surface area contributed by atoms with Gasteiger partial charge < -0.3 is 18.9 Å². The van der Waals surface area contributed by atoms with Crippen molar-refractivity contribution in [1.29, 1.82) is 0 Å². The predicted molar refractivity (Wildman–Crippen MR) is 76.3 cm³/mol. The van der Waals surface area contributed by atoms with E-state index in [0.29, 0.717) is 48.7 Å². The molecule has 6 nitrogen and oxygen atoms in total. The Labute approximate surface area is 123 Å². The molecule has 0 spiro atoms. The highest BCUT2D eigenvalue weighted by Crippen LogP contribution is 2.38. The molecule has 0 aliphatic rings. The number of rotatable bonds is 9. The van der Waals surface area contributed by atoms with Gasteiger partial charge in [-0.25, -0.2) is 0 Å². The van der Waals surface area contributed by atoms with E-state index in [9.17, 15) is 9.59 Å². The summed E-state index contributed by atoms with van der Waals surface area (Å²) < 4.78 is 20.8. The second kappa shape index (κ2) is 8.84. The Morgan fingerprint density at radius 3 is 2.29 bits per heavy atom. The lowest BCUT2D eigenvalue weighted by Gasteiger charge is -2.14. The number of aldehydes is 1. The van der Waals surface area contributed by atoms with Crippen LogP contribution in [0.2, 0.25) is 0 Å². The third-order valence-corrected chi connectivity index (χ3v) is 2.70. The molecule has 0 saturated carbocycles. The number of hydrogen-bond acceptors (Lipinski definition) is 6. The van der Waals surface area contributed by atoms with E-state index in [1.165, 1.54) is 14.2 Å². The van der Waals surface area contributed by atoms with Gasteiger partial charge in [-0.3, -0.25) is 9.59 Å². The van der Waals surface area contributed by atoms with Gasteiger partial charge in [-0.05, 0) is 25.5 Å². The SMILES string of the molecule is CCOC(=O)CCCOc1c(OC)cc(C=O)cc1OC. The smallest absolute Gasteiger partial charge is 0.305 e. The van der Waals surface area contributed by atoms with Gasteiger partial charge in [0.2, 0.25) is 5.75 Å². The molecule has 116 valence electrons. The zero-order valence-corrected chi connectivity index (χ0v) is 12.5. The third kappa shape index (κ3) is 4.98. The van der Waals surface area contributed by atoms with Crippen molar-refractivity contribution in [2.75, 3.05) is 27.4 Å². The number of hydrogen-bond donors (Lipinski definition) is 0. The highest BCUT2D eigenvalue weighted by molar-refractivity contribution is 5.78. The van der Waals surface area contributed by atoms with Gasteiger partial charge in [-0.15, -0.1) is 0 Å². The van der Waals surface area contributed by atoms with Gasteiger partial charge in [0, 0.05) is 12.0 Å². The molecular weight excluding hydrogens is 276 g/mol. The Hall–Kier alpha value is -2.24. The molecule has 0 atom stereocenters. The lowest BCUT2D eigenvalue weighted by atomic mass is 10.2. The van der Waals surface area contributed by atoms with Gasteiger partial charge in [-0.1, -0.05) is 0 Å². The fraction of sp³-hybridized carbons (Fsp3) is 0.467. The van der Waals surface area contributed by atoms with E-state index in [1.54, 1.807) is 19.1 Å². The molecule has 0 fully saturated rings. The zero-order chi connectivity index (χ0) is 15.7. The van der Waals surface area contributed by atoms with Crippen molar-refractivity contribution < 1.29 is 28.5 Å². The Bertz CT molecular complexity index is 458. The van der Waals surface area contributed by atoms with Crippen LogP contribution in [-0.2, 0) is 9.53 Å². The maximum Gasteiger partial charge on any atom is 0.305 e. The first-order valence-corrected chi connectivity index (χ1v) is 6.65. The topological polar surface area (TPSA) is 71.1 Å². The second-order valence-electron chi connectivity index (χ2n) is 4.13.